The van der Waals surface area contributed by atoms with E-state index in [4.69, 9.17) is 0 Å². The normalized spacial score (nSPS) is 11.1. The van der Waals surface area contributed by atoms with Crippen LogP contribution in [0.3, 0.4) is 0 Å². The first-order valence-corrected chi connectivity index (χ1v) is 13.2. The molecule has 0 amide bonds. The second-order valence-electron chi connectivity index (χ2n) is 9.42. The highest BCUT2D eigenvalue weighted by Gasteiger charge is 2.07. The maximum absolute atomic E-state index is 15.0. The molecule has 4 aromatic carbocycles. The molecule has 0 radical (unpaired) electrons. The standard InChI is InChI=1S/C35H35F/c1-3-5-7-9-11-32-23-24-33-26-29(18-25-34(33)35(32)36)13-12-28-16-21-31(22-17-28)30-19-14-27(15-20-30)10-8-6-4-2/h4,6,14-26H,3,5,7-11H2,1-2H3/b6-4+. The van der Waals surface area contributed by atoms with E-state index < -0.39 is 0 Å². The van der Waals surface area contributed by atoms with Crippen molar-refractivity contribution in [2.45, 2.75) is 58.8 Å². The highest BCUT2D eigenvalue weighted by molar-refractivity contribution is 5.85. The zero-order valence-electron chi connectivity index (χ0n) is 21.5. The molecule has 0 saturated heterocycles. The summed E-state index contributed by atoms with van der Waals surface area (Å²) >= 11 is 0. The van der Waals surface area contributed by atoms with Crippen LogP contribution < -0.4 is 0 Å². The molecule has 4 rings (SSSR count). The van der Waals surface area contributed by atoms with Gasteiger partial charge in [0.15, 0.2) is 0 Å². The van der Waals surface area contributed by atoms with Crippen molar-refractivity contribution in [2.75, 3.05) is 0 Å². The van der Waals surface area contributed by atoms with Crippen molar-refractivity contribution >= 4 is 10.8 Å². The molecule has 0 aliphatic carbocycles. The fourth-order valence-electron chi connectivity index (χ4n) is 4.52. The maximum Gasteiger partial charge on any atom is 0.134 e. The van der Waals surface area contributed by atoms with E-state index in [1.165, 1.54) is 29.5 Å². The number of hydrogen-bond acceptors (Lipinski definition) is 0. The average Bonchev–Trinajstić information content (AvgIpc) is 2.92. The Labute approximate surface area is 215 Å². The predicted octanol–water partition coefficient (Wildman–Crippen LogP) is 9.68. The van der Waals surface area contributed by atoms with Gasteiger partial charge in [0.1, 0.15) is 5.82 Å². The summed E-state index contributed by atoms with van der Waals surface area (Å²) in [7, 11) is 0. The van der Waals surface area contributed by atoms with Gasteiger partial charge in [0, 0.05) is 16.5 Å². The van der Waals surface area contributed by atoms with E-state index in [0.29, 0.717) is 5.39 Å². The SMILES string of the molecule is C/C=C/CCc1ccc(-c2ccc(C#Cc3ccc4c(F)c(CCCCCC)ccc4c3)cc2)cc1. The van der Waals surface area contributed by atoms with E-state index in [1.807, 2.05) is 30.3 Å². The molecule has 1 heteroatoms. The monoisotopic (exact) mass is 474 g/mol. The summed E-state index contributed by atoms with van der Waals surface area (Å²) < 4.78 is 15.0. The minimum atomic E-state index is -0.0788. The summed E-state index contributed by atoms with van der Waals surface area (Å²) in [5.74, 6) is 6.43. The van der Waals surface area contributed by atoms with Gasteiger partial charge in [-0.1, -0.05) is 105 Å². The minimum absolute atomic E-state index is 0.0788. The first kappa shape index (κ1) is 25.5. The van der Waals surface area contributed by atoms with Gasteiger partial charge in [0.05, 0.1) is 0 Å². The van der Waals surface area contributed by atoms with E-state index in [0.717, 1.165) is 54.2 Å². The number of rotatable bonds is 9. The van der Waals surface area contributed by atoms with Crippen LogP contribution in [0.1, 0.15) is 68.2 Å². The first-order valence-electron chi connectivity index (χ1n) is 13.2. The molecule has 0 aromatic heterocycles. The van der Waals surface area contributed by atoms with Crippen molar-refractivity contribution in [3.63, 3.8) is 0 Å². The maximum atomic E-state index is 15.0. The Balaban J connectivity index is 1.43. The van der Waals surface area contributed by atoms with Gasteiger partial charge < -0.3 is 0 Å². The lowest BCUT2D eigenvalue weighted by molar-refractivity contribution is 0.603. The van der Waals surface area contributed by atoms with Crippen LogP contribution in [0.5, 0.6) is 0 Å². The summed E-state index contributed by atoms with van der Waals surface area (Å²) in [6.45, 7) is 4.25. The van der Waals surface area contributed by atoms with Crippen LogP contribution in [-0.2, 0) is 12.8 Å². The molecule has 4 aromatic rings. The van der Waals surface area contributed by atoms with Crippen molar-refractivity contribution in [3.05, 3.63) is 119 Å². The lowest BCUT2D eigenvalue weighted by atomic mass is 9.99. The van der Waals surface area contributed by atoms with E-state index in [1.54, 1.807) is 0 Å². The van der Waals surface area contributed by atoms with Crippen LogP contribution in [0.4, 0.5) is 4.39 Å². The Bertz CT molecular complexity index is 1360. The number of aryl methyl sites for hydroxylation is 2. The van der Waals surface area contributed by atoms with Crippen LogP contribution in [0.25, 0.3) is 21.9 Å². The highest BCUT2D eigenvalue weighted by Crippen LogP contribution is 2.24. The molecule has 0 spiro atoms. The minimum Gasteiger partial charge on any atom is -0.206 e. The molecule has 0 atom stereocenters. The zero-order valence-corrected chi connectivity index (χ0v) is 21.5. The van der Waals surface area contributed by atoms with Crippen LogP contribution in [0, 0.1) is 17.7 Å². The van der Waals surface area contributed by atoms with Crippen molar-refractivity contribution in [3.8, 4) is 23.0 Å². The molecule has 0 heterocycles. The third-order valence-corrected chi connectivity index (χ3v) is 6.69. The quantitative estimate of drug-likeness (QED) is 0.129. The molecule has 0 bridgehead atoms. The Hall–Kier alpha value is -3.63. The van der Waals surface area contributed by atoms with Crippen LogP contribution in [-0.4, -0.2) is 0 Å². The van der Waals surface area contributed by atoms with Crippen molar-refractivity contribution < 1.29 is 4.39 Å². The van der Waals surface area contributed by atoms with Gasteiger partial charge in [-0.3, -0.25) is 0 Å². The van der Waals surface area contributed by atoms with Gasteiger partial charge in [0.2, 0.25) is 0 Å². The molecule has 0 aliphatic rings. The van der Waals surface area contributed by atoms with Gasteiger partial charge in [-0.25, -0.2) is 4.39 Å². The van der Waals surface area contributed by atoms with Crippen molar-refractivity contribution in [2.24, 2.45) is 0 Å². The van der Waals surface area contributed by atoms with Crippen LogP contribution in [0.2, 0.25) is 0 Å². The summed E-state index contributed by atoms with van der Waals surface area (Å²) in [6.07, 6.45) is 11.9. The number of benzene rings is 4. The van der Waals surface area contributed by atoms with E-state index in [9.17, 15) is 4.39 Å². The smallest absolute Gasteiger partial charge is 0.134 e. The summed E-state index contributed by atoms with van der Waals surface area (Å²) in [5.41, 5.74) is 6.45. The Morgan fingerprint density at radius 1 is 0.722 bits per heavy atom. The molecular formula is C35H35F. The molecule has 182 valence electrons. The molecule has 0 N–H and O–H groups in total. The second-order valence-corrected chi connectivity index (χ2v) is 9.42. The Kier molecular flexibility index (Phi) is 9.12. The number of fused-ring (bicyclic) bond motifs is 1. The number of allylic oxidation sites excluding steroid dienone is 2. The second kappa shape index (κ2) is 12.9. The Morgan fingerprint density at radius 3 is 2.14 bits per heavy atom. The fraction of sp³-hybridized carbons (Fsp3) is 0.257. The molecule has 36 heavy (non-hydrogen) atoms. The third-order valence-electron chi connectivity index (χ3n) is 6.69. The molecular weight excluding hydrogens is 439 g/mol. The van der Waals surface area contributed by atoms with Crippen LogP contribution >= 0.6 is 0 Å². The largest absolute Gasteiger partial charge is 0.206 e. The lowest BCUT2D eigenvalue weighted by Gasteiger charge is -2.07. The molecule has 0 fully saturated rings. The van der Waals surface area contributed by atoms with E-state index in [-0.39, 0.29) is 5.82 Å². The molecule has 0 aliphatic heterocycles. The number of unbranched alkanes of at least 4 members (excludes halogenated alkanes) is 3. The van der Waals surface area contributed by atoms with Gasteiger partial charge in [-0.05, 0) is 84.5 Å². The first-order chi connectivity index (χ1) is 17.7. The fourth-order valence-corrected chi connectivity index (χ4v) is 4.52. The van der Waals surface area contributed by atoms with Gasteiger partial charge in [-0.15, -0.1) is 0 Å². The third kappa shape index (κ3) is 6.73. The van der Waals surface area contributed by atoms with Crippen molar-refractivity contribution in [1.82, 2.24) is 0 Å². The summed E-state index contributed by atoms with van der Waals surface area (Å²) in [4.78, 5) is 0. The zero-order chi connectivity index (χ0) is 25.2. The highest BCUT2D eigenvalue weighted by atomic mass is 19.1. The number of hydrogen-bond donors (Lipinski definition) is 0. The Morgan fingerprint density at radius 2 is 1.42 bits per heavy atom. The van der Waals surface area contributed by atoms with Gasteiger partial charge in [0.25, 0.3) is 0 Å². The van der Waals surface area contributed by atoms with Gasteiger partial charge >= 0.3 is 0 Å². The summed E-state index contributed by atoms with van der Waals surface area (Å²) in [5, 5.41) is 1.59. The van der Waals surface area contributed by atoms with Crippen molar-refractivity contribution in [1.29, 1.82) is 0 Å². The van der Waals surface area contributed by atoms with Crippen LogP contribution in [0.15, 0.2) is 91.0 Å². The summed E-state index contributed by atoms with van der Waals surface area (Å²) in [6, 6.07) is 26.9. The lowest BCUT2D eigenvalue weighted by Crippen LogP contribution is -1.93. The van der Waals surface area contributed by atoms with E-state index >= 15 is 0 Å². The predicted molar refractivity (Wildman–Crippen MR) is 153 cm³/mol. The topological polar surface area (TPSA) is 0 Å². The molecule has 0 unspecified atom stereocenters. The molecule has 0 nitrogen and oxygen atoms in total. The average molecular weight is 475 g/mol. The van der Waals surface area contributed by atoms with E-state index in [2.05, 4.69) is 86.4 Å². The molecule has 0 saturated carbocycles. The number of halogens is 1. The van der Waals surface area contributed by atoms with Gasteiger partial charge in [-0.2, -0.15) is 0 Å².